The van der Waals surface area contributed by atoms with Crippen LogP contribution in [0.3, 0.4) is 0 Å². The molecular weight excluding hydrogens is 380 g/mol. The molecule has 1 amide bonds. The fourth-order valence-corrected chi connectivity index (χ4v) is 3.77. The first-order valence-electron chi connectivity index (χ1n) is 10.3. The predicted molar refractivity (Wildman–Crippen MR) is 115 cm³/mol. The standard InChI is InChI=1S/C24H24N2O4/c1-2-12-25-21(27)15-30-24(28)22-18-9-3-4-11-20(18)26-23-16(7-5-10-19(22)23)14-17-8-6-13-29-17/h3-4,6,8-9,11,13-14H,2,5,7,10,12,15H2,1H3,(H,25,27). The van der Waals surface area contributed by atoms with Gasteiger partial charge in [0.25, 0.3) is 5.91 Å². The van der Waals surface area contributed by atoms with Gasteiger partial charge in [-0.05, 0) is 61.1 Å². The average Bonchev–Trinajstić information content (AvgIpc) is 3.28. The number of carbonyl (C=O) groups excluding carboxylic acids is 2. The van der Waals surface area contributed by atoms with E-state index in [0.29, 0.717) is 12.1 Å². The van der Waals surface area contributed by atoms with E-state index in [4.69, 9.17) is 14.1 Å². The number of esters is 1. The maximum Gasteiger partial charge on any atom is 0.339 e. The van der Waals surface area contributed by atoms with Crippen molar-refractivity contribution in [2.45, 2.75) is 32.6 Å². The lowest BCUT2D eigenvalue weighted by atomic mass is 9.86. The number of para-hydroxylation sites is 1. The number of amides is 1. The Balaban J connectivity index is 1.74. The normalized spacial score (nSPS) is 14.5. The Morgan fingerprint density at radius 2 is 2.07 bits per heavy atom. The van der Waals surface area contributed by atoms with Gasteiger partial charge in [-0.2, -0.15) is 0 Å². The number of fused-ring (bicyclic) bond motifs is 2. The van der Waals surface area contributed by atoms with Crippen LogP contribution in [0.2, 0.25) is 0 Å². The summed E-state index contributed by atoms with van der Waals surface area (Å²) in [6.07, 6.45) is 6.93. The summed E-state index contributed by atoms with van der Waals surface area (Å²) in [6, 6.07) is 11.3. The maximum atomic E-state index is 13.1. The third-order valence-corrected chi connectivity index (χ3v) is 5.14. The first-order valence-corrected chi connectivity index (χ1v) is 10.3. The lowest BCUT2D eigenvalue weighted by Crippen LogP contribution is -2.29. The van der Waals surface area contributed by atoms with Gasteiger partial charge in [0.2, 0.25) is 0 Å². The van der Waals surface area contributed by atoms with E-state index in [2.05, 4.69) is 5.32 Å². The highest BCUT2D eigenvalue weighted by molar-refractivity contribution is 6.07. The maximum absolute atomic E-state index is 13.1. The predicted octanol–water partition coefficient (Wildman–Crippen LogP) is 4.39. The molecule has 154 valence electrons. The van der Waals surface area contributed by atoms with Crippen molar-refractivity contribution >= 4 is 34.4 Å². The molecule has 1 aliphatic carbocycles. The van der Waals surface area contributed by atoms with Gasteiger partial charge < -0.3 is 14.5 Å². The Hall–Kier alpha value is -3.41. The first-order chi connectivity index (χ1) is 14.7. The largest absolute Gasteiger partial charge is 0.465 e. The first kappa shape index (κ1) is 19.9. The molecule has 0 saturated carbocycles. The highest BCUT2D eigenvalue weighted by atomic mass is 16.5. The second-order valence-corrected chi connectivity index (χ2v) is 7.30. The minimum absolute atomic E-state index is 0.292. The fraction of sp³-hybridized carbons (Fsp3) is 0.292. The summed E-state index contributed by atoms with van der Waals surface area (Å²) >= 11 is 0. The molecule has 4 rings (SSSR count). The molecule has 0 bridgehead atoms. The van der Waals surface area contributed by atoms with Gasteiger partial charge >= 0.3 is 5.97 Å². The quantitative estimate of drug-likeness (QED) is 0.616. The molecule has 0 unspecified atom stereocenters. The van der Waals surface area contributed by atoms with Crippen LogP contribution < -0.4 is 5.32 Å². The smallest absolute Gasteiger partial charge is 0.339 e. The molecule has 0 spiro atoms. The van der Waals surface area contributed by atoms with E-state index < -0.39 is 5.97 Å². The van der Waals surface area contributed by atoms with Gasteiger partial charge in [-0.25, -0.2) is 9.78 Å². The Kier molecular flexibility index (Phi) is 5.93. The van der Waals surface area contributed by atoms with E-state index in [1.807, 2.05) is 49.4 Å². The van der Waals surface area contributed by atoms with E-state index >= 15 is 0 Å². The van der Waals surface area contributed by atoms with Crippen LogP contribution in [-0.2, 0) is 16.0 Å². The molecule has 0 fully saturated rings. The van der Waals surface area contributed by atoms with Gasteiger partial charge in [0.1, 0.15) is 5.76 Å². The average molecular weight is 404 g/mol. The molecule has 0 aliphatic heterocycles. The van der Waals surface area contributed by atoms with Crippen molar-refractivity contribution in [2.75, 3.05) is 13.2 Å². The summed E-state index contributed by atoms with van der Waals surface area (Å²) in [5.41, 5.74) is 3.94. The zero-order valence-corrected chi connectivity index (χ0v) is 16.9. The number of nitrogens with one attached hydrogen (secondary N) is 1. The number of pyridine rings is 1. The van der Waals surface area contributed by atoms with E-state index in [1.165, 1.54) is 0 Å². The van der Waals surface area contributed by atoms with Crippen molar-refractivity contribution < 1.29 is 18.7 Å². The molecule has 6 nitrogen and oxygen atoms in total. The molecule has 1 N–H and O–H groups in total. The number of hydrogen-bond acceptors (Lipinski definition) is 5. The van der Waals surface area contributed by atoms with E-state index in [1.54, 1.807) is 6.26 Å². The van der Waals surface area contributed by atoms with Gasteiger partial charge in [0.05, 0.1) is 23.0 Å². The molecule has 3 aromatic rings. The molecular formula is C24H24N2O4. The summed E-state index contributed by atoms with van der Waals surface area (Å²) in [4.78, 5) is 29.8. The molecule has 2 heterocycles. The minimum atomic E-state index is -0.490. The summed E-state index contributed by atoms with van der Waals surface area (Å²) < 4.78 is 10.9. The molecule has 30 heavy (non-hydrogen) atoms. The zero-order valence-electron chi connectivity index (χ0n) is 16.9. The molecule has 1 aliphatic rings. The number of rotatable bonds is 6. The third-order valence-electron chi connectivity index (χ3n) is 5.14. The van der Waals surface area contributed by atoms with Crippen LogP contribution in [0.15, 0.2) is 47.1 Å². The summed E-state index contributed by atoms with van der Waals surface area (Å²) in [6.45, 7) is 2.24. The summed E-state index contributed by atoms with van der Waals surface area (Å²) in [7, 11) is 0. The van der Waals surface area contributed by atoms with Crippen LogP contribution in [0, 0.1) is 0 Å². The lowest BCUT2D eigenvalue weighted by molar-refractivity contribution is -0.124. The van der Waals surface area contributed by atoms with Gasteiger partial charge in [0.15, 0.2) is 6.61 Å². The van der Waals surface area contributed by atoms with E-state index in [-0.39, 0.29) is 12.5 Å². The monoisotopic (exact) mass is 404 g/mol. The zero-order chi connectivity index (χ0) is 20.9. The van der Waals surface area contributed by atoms with Crippen LogP contribution in [-0.4, -0.2) is 30.0 Å². The van der Waals surface area contributed by atoms with E-state index in [0.717, 1.165) is 59.2 Å². The topological polar surface area (TPSA) is 81.4 Å². The van der Waals surface area contributed by atoms with Crippen LogP contribution in [0.25, 0.3) is 22.6 Å². The van der Waals surface area contributed by atoms with Gasteiger partial charge in [-0.3, -0.25) is 4.79 Å². The second-order valence-electron chi connectivity index (χ2n) is 7.30. The van der Waals surface area contributed by atoms with Crippen LogP contribution in [0.1, 0.15) is 53.6 Å². The van der Waals surface area contributed by atoms with Crippen molar-refractivity contribution in [3.05, 3.63) is 65.2 Å². The van der Waals surface area contributed by atoms with Crippen molar-refractivity contribution in [3.8, 4) is 0 Å². The van der Waals surface area contributed by atoms with Crippen LogP contribution >= 0.6 is 0 Å². The van der Waals surface area contributed by atoms with Crippen molar-refractivity contribution in [1.82, 2.24) is 10.3 Å². The molecule has 0 radical (unpaired) electrons. The van der Waals surface area contributed by atoms with Gasteiger partial charge in [0, 0.05) is 11.9 Å². The fourth-order valence-electron chi connectivity index (χ4n) is 3.77. The molecule has 0 saturated heterocycles. The molecule has 6 heteroatoms. The Bertz CT molecular complexity index is 1100. The molecule has 1 aromatic carbocycles. The number of nitrogens with zero attached hydrogens (tertiary/aromatic N) is 1. The number of benzene rings is 1. The van der Waals surface area contributed by atoms with Crippen molar-refractivity contribution in [3.63, 3.8) is 0 Å². The number of hydrogen-bond donors (Lipinski definition) is 1. The SMILES string of the molecule is CCCNC(=O)COC(=O)c1c2c(nc3ccccc13)C(=Cc1ccco1)CCC2. The van der Waals surface area contributed by atoms with E-state index in [9.17, 15) is 9.59 Å². The molecule has 0 atom stereocenters. The number of furan rings is 1. The third kappa shape index (κ3) is 4.13. The Labute approximate surface area is 174 Å². The Morgan fingerprint density at radius 1 is 1.20 bits per heavy atom. The van der Waals surface area contributed by atoms with Crippen LogP contribution in [0.5, 0.6) is 0 Å². The van der Waals surface area contributed by atoms with Crippen LogP contribution in [0.4, 0.5) is 0 Å². The number of allylic oxidation sites excluding steroid dienone is 1. The summed E-state index contributed by atoms with van der Waals surface area (Å²) in [5.74, 6) is -0.0314. The van der Waals surface area contributed by atoms with Crippen molar-refractivity contribution in [1.29, 1.82) is 0 Å². The van der Waals surface area contributed by atoms with Crippen molar-refractivity contribution in [2.24, 2.45) is 0 Å². The highest BCUT2D eigenvalue weighted by Gasteiger charge is 2.26. The van der Waals surface area contributed by atoms with Gasteiger partial charge in [-0.1, -0.05) is 25.1 Å². The number of ether oxygens (including phenoxy) is 1. The minimum Gasteiger partial charge on any atom is -0.465 e. The number of aromatic nitrogens is 1. The number of carbonyl (C=O) groups is 2. The molecule has 2 aromatic heterocycles. The van der Waals surface area contributed by atoms with Gasteiger partial charge in [-0.15, -0.1) is 0 Å². The second kappa shape index (κ2) is 8.95. The summed E-state index contributed by atoms with van der Waals surface area (Å²) in [5, 5.41) is 3.47. The highest BCUT2D eigenvalue weighted by Crippen LogP contribution is 2.36. The lowest BCUT2D eigenvalue weighted by Gasteiger charge is -2.22. The Morgan fingerprint density at radius 3 is 2.87 bits per heavy atom.